The Labute approximate surface area is 110 Å². The molecule has 0 saturated heterocycles. The summed E-state index contributed by atoms with van der Waals surface area (Å²) in [6.45, 7) is 4.45. The average molecular weight is 262 g/mol. The predicted molar refractivity (Wildman–Crippen MR) is 71.5 cm³/mol. The molecule has 0 bridgehead atoms. The Bertz CT molecular complexity index is 552. The van der Waals surface area contributed by atoms with Gasteiger partial charge in [-0.1, -0.05) is 29.3 Å². The normalized spacial score (nSPS) is 10.3. The van der Waals surface area contributed by atoms with E-state index in [1.54, 1.807) is 11.4 Å². The molecule has 0 aliphatic rings. The Morgan fingerprint density at radius 3 is 2.56 bits per heavy atom. The number of benzene rings is 1. The van der Waals surface area contributed by atoms with Gasteiger partial charge in [-0.3, -0.25) is 0 Å². The van der Waals surface area contributed by atoms with Crippen LogP contribution in [0.15, 0.2) is 29.6 Å². The quantitative estimate of drug-likeness (QED) is 0.915. The molecule has 1 N–H and O–H groups in total. The third kappa shape index (κ3) is 2.90. The molecule has 0 aliphatic carbocycles. The van der Waals surface area contributed by atoms with Crippen LogP contribution in [0.25, 0.3) is 0 Å². The van der Waals surface area contributed by atoms with E-state index in [1.165, 1.54) is 22.5 Å². The Morgan fingerprint density at radius 2 is 1.94 bits per heavy atom. The lowest BCUT2D eigenvalue weighted by Crippen LogP contribution is -2.00. The van der Waals surface area contributed by atoms with Crippen LogP contribution in [0.4, 0.5) is 0 Å². The molecule has 0 amide bonds. The first-order valence-electron chi connectivity index (χ1n) is 5.57. The van der Waals surface area contributed by atoms with E-state index in [1.807, 2.05) is 26.0 Å². The minimum atomic E-state index is -0.944. The zero-order chi connectivity index (χ0) is 13.1. The van der Waals surface area contributed by atoms with Crippen LogP contribution in [0.2, 0.25) is 0 Å². The highest BCUT2D eigenvalue weighted by molar-refractivity contribution is 7.12. The smallest absolute Gasteiger partial charge is 0.349 e. The van der Waals surface area contributed by atoms with Gasteiger partial charge in [0.2, 0.25) is 0 Å². The SMILES string of the molecule is Cc1cc(C)cc(COc2ccsc2C(=O)O)c1. The van der Waals surface area contributed by atoms with Crippen LogP contribution in [0.5, 0.6) is 5.75 Å². The standard InChI is InChI=1S/C14H14O3S/c1-9-5-10(2)7-11(6-9)8-17-12-3-4-18-13(12)14(15)16/h3-7H,8H2,1-2H3,(H,15,16). The van der Waals surface area contributed by atoms with Crippen LogP contribution >= 0.6 is 11.3 Å². The number of carboxylic acid groups (broad SMARTS) is 1. The van der Waals surface area contributed by atoms with Crippen molar-refractivity contribution in [2.75, 3.05) is 0 Å². The fourth-order valence-corrected chi connectivity index (χ4v) is 2.55. The van der Waals surface area contributed by atoms with Crippen LogP contribution in [-0.4, -0.2) is 11.1 Å². The summed E-state index contributed by atoms with van der Waals surface area (Å²) in [5.41, 5.74) is 3.41. The number of aromatic carboxylic acids is 1. The lowest BCUT2D eigenvalue weighted by atomic mass is 10.1. The summed E-state index contributed by atoms with van der Waals surface area (Å²) >= 11 is 1.17. The van der Waals surface area contributed by atoms with E-state index in [0.29, 0.717) is 12.4 Å². The van der Waals surface area contributed by atoms with Crippen molar-refractivity contribution in [2.24, 2.45) is 0 Å². The maximum Gasteiger partial charge on any atom is 0.349 e. The zero-order valence-electron chi connectivity index (χ0n) is 10.3. The molecule has 0 radical (unpaired) electrons. The van der Waals surface area contributed by atoms with Gasteiger partial charge in [-0.15, -0.1) is 11.3 Å². The van der Waals surface area contributed by atoms with Gasteiger partial charge < -0.3 is 9.84 Å². The Hall–Kier alpha value is -1.81. The summed E-state index contributed by atoms with van der Waals surface area (Å²) < 4.78 is 5.56. The van der Waals surface area contributed by atoms with Gasteiger partial charge in [0.05, 0.1) is 0 Å². The van der Waals surface area contributed by atoms with E-state index < -0.39 is 5.97 Å². The monoisotopic (exact) mass is 262 g/mol. The molecular weight excluding hydrogens is 248 g/mol. The van der Waals surface area contributed by atoms with E-state index in [9.17, 15) is 4.79 Å². The fourth-order valence-electron chi connectivity index (χ4n) is 1.88. The molecule has 94 valence electrons. The summed E-state index contributed by atoms with van der Waals surface area (Å²) in [6.07, 6.45) is 0. The minimum absolute atomic E-state index is 0.249. The van der Waals surface area contributed by atoms with Crippen LogP contribution in [0, 0.1) is 13.8 Å². The molecule has 0 aliphatic heterocycles. The molecular formula is C14H14O3S. The molecule has 0 fully saturated rings. The Balaban J connectivity index is 2.11. The van der Waals surface area contributed by atoms with Crippen molar-refractivity contribution in [2.45, 2.75) is 20.5 Å². The molecule has 1 aromatic carbocycles. The maximum absolute atomic E-state index is 10.9. The van der Waals surface area contributed by atoms with E-state index in [-0.39, 0.29) is 4.88 Å². The van der Waals surface area contributed by atoms with Crippen LogP contribution in [0.1, 0.15) is 26.4 Å². The number of thiophene rings is 1. The Kier molecular flexibility index (Phi) is 3.67. The number of rotatable bonds is 4. The van der Waals surface area contributed by atoms with Crippen molar-refractivity contribution in [3.05, 3.63) is 51.2 Å². The van der Waals surface area contributed by atoms with Gasteiger partial charge in [0.25, 0.3) is 0 Å². The van der Waals surface area contributed by atoms with E-state index >= 15 is 0 Å². The summed E-state index contributed by atoms with van der Waals surface area (Å²) in [6, 6.07) is 7.87. The minimum Gasteiger partial charge on any atom is -0.487 e. The molecule has 0 atom stereocenters. The number of ether oxygens (including phenoxy) is 1. The second-order valence-corrected chi connectivity index (χ2v) is 5.12. The highest BCUT2D eigenvalue weighted by atomic mass is 32.1. The predicted octanol–water partition coefficient (Wildman–Crippen LogP) is 3.64. The lowest BCUT2D eigenvalue weighted by molar-refractivity contribution is 0.0697. The van der Waals surface area contributed by atoms with Crippen molar-refractivity contribution >= 4 is 17.3 Å². The van der Waals surface area contributed by atoms with Gasteiger partial charge in [0.15, 0.2) is 4.88 Å². The van der Waals surface area contributed by atoms with Gasteiger partial charge in [-0.25, -0.2) is 4.79 Å². The van der Waals surface area contributed by atoms with Gasteiger partial charge in [0, 0.05) is 0 Å². The van der Waals surface area contributed by atoms with Gasteiger partial charge in [0.1, 0.15) is 12.4 Å². The van der Waals surface area contributed by atoms with Crippen molar-refractivity contribution in [1.82, 2.24) is 0 Å². The largest absolute Gasteiger partial charge is 0.487 e. The third-order valence-corrected chi connectivity index (χ3v) is 3.38. The molecule has 2 rings (SSSR count). The van der Waals surface area contributed by atoms with Crippen molar-refractivity contribution in [3.8, 4) is 5.75 Å². The summed E-state index contributed by atoms with van der Waals surface area (Å²) in [5.74, 6) is -0.507. The maximum atomic E-state index is 10.9. The molecule has 3 nitrogen and oxygen atoms in total. The number of hydrogen-bond donors (Lipinski definition) is 1. The fraction of sp³-hybridized carbons (Fsp3) is 0.214. The zero-order valence-corrected chi connectivity index (χ0v) is 11.1. The van der Waals surface area contributed by atoms with Crippen molar-refractivity contribution < 1.29 is 14.6 Å². The first-order valence-corrected chi connectivity index (χ1v) is 6.45. The summed E-state index contributed by atoms with van der Waals surface area (Å²) in [7, 11) is 0. The van der Waals surface area contributed by atoms with Crippen molar-refractivity contribution in [1.29, 1.82) is 0 Å². The molecule has 1 heterocycles. The second kappa shape index (κ2) is 5.23. The number of hydrogen-bond acceptors (Lipinski definition) is 3. The van der Waals surface area contributed by atoms with Crippen LogP contribution < -0.4 is 4.74 Å². The highest BCUT2D eigenvalue weighted by Gasteiger charge is 2.12. The molecule has 1 aromatic heterocycles. The molecule has 18 heavy (non-hydrogen) atoms. The molecule has 2 aromatic rings. The van der Waals surface area contributed by atoms with Crippen LogP contribution in [-0.2, 0) is 6.61 Å². The highest BCUT2D eigenvalue weighted by Crippen LogP contribution is 2.25. The van der Waals surface area contributed by atoms with E-state index in [2.05, 4.69) is 6.07 Å². The Morgan fingerprint density at radius 1 is 1.28 bits per heavy atom. The van der Waals surface area contributed by atoms with Gasteiger partial charge in [-0.2, -0.15) is 0 Å². The lowest BCUT2D eigenvalue weighted by Gasteiger charge is -2.07. The van der Waals surface area contributed by atoms with Gasteiger partial charge in [-0.05, 0) is 30.9 Å². The molecule has 4 heteroatoms. The van der Waals surface area contributed by atoms with Gasteiger partial charge >= 0.3 is 5.97 Å². The second-order valence-electron chi connectivity index (χ2n) is 4.20. The number of aryl methyl sites for hydroxylation is 2. The third-order valence-electron chi connectivity index (χ3n) is 2.50. The first kappa shape index (κ1) is 12.6. The topological polar surface area (TPSA) is 46.5 Å². The summed E-state index contributed by atoms with van der Waals surface area (Å²) in [4.78, 5) is 11.2. The van der Waals surface area contributed by atoms with E-state index in [4.69, 9.17) is 9.84 Å². The van der Waals surface area contributed by atoms with Crippen LogP contribution in [0.3, 0.4) is 0 Å². The molecule has 0 spiro atoms. The number of carbonyl (C=O) groups is 1. The van der Waals surface area contributed by atoms with E-state index in [0.717, 1.165) is 5.56 Å². The first-order chi connectivity index (χ1) is 8.56. The number of carboxylic acids is 1. The molecule has 0 unspecified atom stereocenters. The van der Waals surface area contributed by atoms with Crippen molar-refractivity contribution in [3.63, 3.8) is 0 Å². The average Bonchev–Trinajstić information content (AvgIpc) is 2.73. The summed E-state index contributed by atoms with van der Waals surface area (Å²) in [5, 5.41) is 10.7. The molecule has 0 saturated carbocycles.